The first-order valence-corrected chi connectivity index (χ1v) is 7.92. The average molecular weight is 355 g/mol. The van der Waals surface area contributed by atoms with Crippen molar-refractivity contribution in [2.75, 3.05) is 0 Å². The Morgan fingerprint density at radius 3 is 2.54 bits per heavy atom. The summed E-state index contributed by atoms with van der Waals surface area (Å²) in [6.45, 7) is 3.19. The summed E-state index contributed by atoms with van der Waals surface area (Å²) in [7, 11) is 0. The number of carbonyl (C=O) groups is 1. The molecule has 0 aliphatic rings. The third kappa shape index (κ3) is 4.23. The van der Waals surface area contributed by atoms with Crippen molar-refractivity contribution in [2.45, 2.75) is 33.3 Å². The maximum atomic E-state index is 14.0. The molecule has 0 saturated carbocycles. The molecule has 2 rings (SSSR count). The number of hydrogen-bond acceptors (Lipinski definition) is 3. The van der Waals surface area contributed by atoms with Crippen LogP contribution in [0.2, 0.25) is 5.02 Å². The van der Waals surface area contributed by atoms with E-state index in [1.165, 1.54) is 30.3 Å². The van der Waals surface area contributed by atoms with Gasteiger partial charge < -0.3 is 9.47 Å². The molecule has 0 N–H and O–H groups in total. The lowest BCUT2D eigenvalue weighted by molar-refractivity contribution is -0.134. The average Bonchev–Trinajstić information content (AvgIpc) is 2.56. The standard InChI is InChI=1S/C18H17ClF2O3/c1-3-11-8-15(21)17(9-13(11)19)23-10-12-14(20)6-5-7-16(12)24-18(22)4-2/h5-9H,3-4,10H2,1-2H3. The van der Waals surface area contributed by atoms with Crippen LogP contribution in [0.5, 0.6) is 11.5 Å². The highest BCUT2D eigenvalue weighted by Gasteiger charge is 2.15. The van der Waals surface area contributed by atoms with Crippen molar-refractivity contribution >= 4 is 17.6 Å². The van der Waals surface area contributed by atoms with E-state index in [0.29, 0.717) is 17.0 Å². The van der Waals surface area contributed by atoms with Gasteiger partial charge in [-0.25, -0.2) is 8.78 Å². The summed E-state index contributed by atoms with van der Waals surface area (Å²) in [6.07, 6.45) is 0.736. The van der Waals surface area contributed by atoms with Crippen molar-refractivity contribution in [3.63, 3.8) is 0 Å². The molecule has 3 nitrogen and oxygen atoms in total. The van der Waals surface area contributed by atoms with E-state index in [2.05, 4.69) is 0 Å². The molecule has 6 heteroatoms. The summed E-state index contributed by atoms with van der Waals surface area (Å²) in [6, 6.07) is 6.74. The minimum absolute atomic E-state index is 0.0365. The van der Waals surface area contributed by atoms with E-state index >= 15 is 0 Å². The number of halogens is 3. The minimum atomic E-state index is -0.604. The molecule has 128 valence electrons. The zero-order valence-electron chi connectivity index (χ0n) is 13.4. The number of esters is 1. The normalized spacial score (nSPS) is 10.5. The molecule has 0 unspecified atom stereocenters. The zero-order chi connectivity index (χ0) is 17.7. The summed E-state index contributed by atoms with van der Waals surface area (Å²) in [4.78, 5) is 11.4. The van der Waals surface area contributed by atoms with Crippen LogP contribution in [0.4, 0.5) is 8.78 Å². The Balaban J connectivity index is 2.23. The molecular weight excluding hydrogens is 338 g/mol. The third-order valence-corrected chi connectivity index (χ3v) is 3.79. The van der Waals surface area contributed by atoms with Crippen molar-refractivity contribution in [1.29, 1.82) is 0 Å². The van der Waals surface area contributed by atoms with Crippen molar-refractivity contribution in [3.8, 4) is 11.5 Å². The number of hydrogen-bond donors (Lipinski definition) is 0. The Labute approximate surface area is 144 Å². The molecule has 0 saturated heterocycles. The Kier molecular flexibility index (Phi) is 6.15. The van der Waals surface area contributed by atoms with Crippen LogP contribution in [-0.2, 0) is 17.8 Å². The molecule has 0 atom stereocenters. The van der Waals surface area contributed by atoms with E-state index in [1.54, 1.807) is 6.92 Å². The smallest absolute Gasteiger partial charge is 0.310 e. The molecule has 0 aromatic heterocycles. The predicted octanol–water partition coefficient (Wildman–Crippen LogP) is 5.08. The number of ether oxygens (including phenoxy) is 2. The third-order valence-electron chi connectivity index (χ3n) is 3.44. The maximum Gasteiger partial charge on any atom is 0.310 e. The van der Waals surface area contributed by atoms with Gasteiger partial charge in [0.2, 0.25) is 0 Å². The van der Waals surface area contributed by atoms with Crippen LogP contribution >= 0.6 is 11.6 Å². The van der Waals surface area contributed by atoms with Crippen molar-refractivity contribution in [1.82, 2.24) is 0 Å². The van der Waals surface area contributed by atoms with Crippen LogP contribution in [0, 0.1) is 11.6 Å². The first kappa shape index (κ1) is 18.2. The van der Waals surface area contributed by atoms with Gasteiger partial charge in [0.1, 0.15) is 18.2 Å². The number of carbonyl (C=O) groups excluding carboxylic acids is 1. The van der Waals surface area contributed by atoms with Gasteiger partial charge in [0.05, 0.1) is 5.56 Å². The highest BCUT2D eigenvalue weighted by atomic mass is 35.5. The van der Waals surface area contributed by atoms with Crippen molar-refractivity contribution in [2.24, 2.45) is 0 Å². The van der Waals surface area contributed by atoms with E-state index in [9.17, 15) is 13.6 Å². The highest BCUT2D eigenvalue weighted by molar-refractivity contribution is 6.31. The number of rotatable bonds is 6. The van der Waals surface area contributed by atoms with Crippen LogP contribution in [0.15, 0.2) is 30.3 Å². The number of aryl methyl sites for hydroxylation is 1. The highest BCUT2D eigenvalue weighted by Crippen LogP contribution is 2.29. The van der Waals surface area contributed by atoms with Crippen LogP contribution in [-0.4, -0.2) is 5.97 Å². The number of benzene rings is 2. The molecule has 0 aliphatic heterocycles. The molecule has 0 spiro atoms. The Morgan fingerprint density at radius 1 is 1.12 bits per heavy atom. The minimum Gasteiger partial charge on any atom is -0.486 e. The summed E-state index contributed by atoms with van der Waals surface area (Å²) in [5, 5.41) is 0.375. The lowest BCUT2D eigenvalue weighted by atomic mass is 10.1. The molecule has 0 amide bonds. The van der Waals surface area contributed by atoms with Crippen LogP contribution in [0.1, 0.15) is 31.4 Å². The fourth-order valence-corrected chi connectivity index (χ4v) is 2.36. The van der Waals surface area contributed by atoms with Gasteiger partial charge in [0.15, 0.2) is 11.6 Å². The zero-order valence-corrected chi connectivity index (χ0v) is 14.1. The fraction of sp³-hybridized carbons (Fsp3) is 0.278. The molecule has 0 fully saturated rings. The lowest BCUT2D eigenvalue weighted by Gasteiger charge is -2.13. The van der Waals surface area contributed by atoms with Gasteiger partial charge in [0, 0.05) is 17.5 Å². The second-order valence-corrected chi connectivity index (χ2v) is 5.47. The van der Waals surface area contributed by atoms with Gasteiger partial charge in [-0.3, -0.25) is 4.79 Å². The largest absolute Gasteiger partial charge is 0.486 e. The summed E-state index contributed by atoms with van der Waals surface area (Å²) < 4.78 is 38.5. The Hall–Kier alpha value is -2.14. The quantitative estimate of drug-likeness (QED) is 0.536. The second kappa shape index (κ2) is 8.11. The summed E-state index contributed by atoms with van der Waals surface area (Å²) >= 11 is 6.04. The van der Waals surface area contributed by atoms with E-state index < -0.39 is 17.6 Å². The van der Waals surface area contributed by atoms with E-state index in [-0.39, 0.29) is 30.1 Å². The van der Waals surface area contributed by atoms with Crippen LogP contribution < -0.4 is 9.47 Å². The summed E-state index contributed by atoms with van der Waals surface area (Å²) in [5.74, 6) is -1.72. The van der Waals surface area contributed by atoms with Crippen LogP contribution in [0.3, 0.4) is 0 Å². The topological polar surface area (TPSA) is 35.5 Å². The fourth-order valence-electron chi connectivity index (χ4n) is 2.07. The Morgan fingerprint density at radius 2 is 1.88 bits per heavy atom. The van der Waals surface area contributed by atoms with Gasteiger partial charge in [-0.2, -0.15) is 0 Å². The molecule has 2 aromatic carbocycles. The summed E-state index contributed by atoms with van der Waals surface area (Å²) in [5.41, 5.74) is 0.694. The van der Waals surface area contributed by atoms with E-state index in [4.69, 9.17) is 21.1 Å². The van der Waals surface area contributed by atoms with Gasteiger partial charge in [0.25, 0.3) is 0 Å². The monoisotopic (exact) mass is 354 g/mol. The Bertz CT molecular complexity index is 747. The molecule has 0 bridgehead atoms. The maximum absolute atomic E-state index is 14.0. The molecule has 0 radical (unpaired) electrons. The predicted molar refractivity (Wildman–Crippen MR) is 87.4 cm³/mol. The molecule has 0 heterocycles. The van der Waals surface area contributed by atoms with Gasteiger partial charge >= 0.3 is 5.97 Å². The van der Waals surface area contributed by atoms with Gasteiger partial charge in [-0.1, -0.05) is 31.5 Å². The van der Waals surface area contributed by atoms with Crippen LogP contribution in [0.25, 0.3) is 0 Å². The van der Waals surface area contributed by atoms with E-state index in [0.717, 1.165) is 0 Å². The molecule has 24 heavy (non-hydrogen) atoms. The first-order chi connectivity index (χ1) is 11.5. The van der Waals surface area contributed by atoms with Crippen molar-refractivity contribution < 1.29 is 23.0 Å². The first-order valence-electron chi connectivity index (χ1n) is 7.55. The van der Waals surface area contributed by atoms with Gasteiger partial charge in [-0.05, 0) is 30.2 Å². The second-order valence-electron chi connectivity index (χ2n) is 5.06. The van der Waals surface area contributed by atoms with Gasteiger partial charge in [-0.15, -0.1) is 0 Å². The molecular formula is C18H17ClF2O3. The van der Waals surface area contributed by atoms with Crippen molar-refractivity contribution in [3.05, 3.63) is 58.1 Å². The molecule has 2 aromatic rings. The lowest BCUT2D eigenvalue weighted by Crippen LogP contribution is -2.10. The SMILES string of the molecule is CCC(=O)Oc1cccc(F)c1COc1cc(Cl)c(CC)cc1F. The van der Waals surface area contributed by atoms with E-state index in [1.807, 2.05) is 6.92 Å². The molecule has 0 aliphatic carbocycles.